The molecule has 0 aromatic heterocycles. The van der Waals surface area contributed by atoms with E-state index in [-0.39, 0.29) is 46.5 Å². The van der Waals surface area contributed by atoms with Gasteiger partial charge in [0.15, 0.2) is 0 Å². The van der Waals surface area contributed by atoms with E-state index in [0.29, 0.717) is 15.7 Å². The number of alkyl halides is 1. The molecule has 22 heavy (non-hydrogen) atoms. The van der Waals surface area contributed by atoms with Gasteiger partial charge < -0.3 is 10.1 Å². The molecule has 0 radical (unpaired) electrons. The summed E-state index contributed by atoms with van der Waals surface area (Å²) in [5.41, 5.74) is 0.507. The van der Waals surface area contributed by atoms with E-state index in [2.05, 4.69) is 21.2 Å². The normalized spacial score (nSPS) is 38.2. The molecule has 1 aliphatic heterocycles. The molecule has 1 aromatic rings. The highest BCUT2D eigenvalue weighted by molar-refractivity contribution is 9.09. The van der Waals surface area contributed by atoms with Gasteiger partial charge in [-0.1, -0.05) is 39.1 Å². The minimum atomic E-state index is -0.368. The van der Waals surface area contributed by atoms with Crippen LogP contribution in [0.5, 0.6) is 0 Å². The number of hydrogen-bond acceptors (Lipinski definition) is 3. The number of ether oxygens (including phenoxy) is 1. The number of rotatable bonds is 2. The molecule has 4 rings (SSSR count). The van der Waals surface area contributed by atoms with E-state index in [1.807, 2.05) is 0 Å². The molecule has 1 saturated heterocycles. The Kier molecular flexibility index (Phi) is 3.44. The van der Waals surface area contributed by atoms with Crippen molar-refractivity contribution in [1.82, 2.24) is 0 Å². The number of esters is 1. The number of hydrogen-bond donors (Lipinski definition) is 1. The first-order chi connectivity index (χ1) is 10.5. The highest BCUT2D eigenvalue weighted by Crippen LogP contribution is 2.60. The first-order valence-corrected chi connectivity index (χ1v) is 8.75. The van der Waals surface area contributed by atoms with Crippen LogP contribution in [0.4, 0.5) is 5.69 Å². The van der Waals surface area contributed by atoms with Crippen LogP contribution >= 0.6 is 39.1 Å². The maximum absolute atomic E-state index is 12.7. The van der Waals surface area contributed by atoms with E-state index in [4.69, 9.17) is 27.9 Å². The fourth-order valence-electron chi connectivity index (χ4n) is 4.14. The molecule has 3 aliphatic rings. The van der Waals surface area contributed by atoms with E-state index < -0.39 is 0 Å². The molecule has 1 aromatic carbocycles. The Labute approximate surface area is 145 Å². The molecule has 2 aliphatic carbocycles. The fraction of sp³-hybridized carbons (Fsp3) is 0.467. The van der Waals surface area contributed by atoms with Crippen LogP contribution in [0.3, 0.4) is 0 Å². The molecular formula is C15H12BrCl2NO3. The molecule has 3 fully saturated rings. The largest absolute Gasteiger partial charge is 0.461 e. The minimum Gasteiger partial charge on any atom is -0.461 e. The molecule has 2 bridgehead atoms. The van der Waals surface area contributed by atoms with Gasteiger partial charge in [-0.3, -0.25) is 9.59 Å². The first kappa shape index (κ1) is 14.8. The summed E-state index contributed by atoms with van der Waals surface area (Å²) in [7, 11) is 0. The van der Waals surface area contributed by atoms with Gasteiger partial charge in [0.1, 0.15) is 6.10 Å². The van der Waals surface area contributed by atoms with Crippen LogP contribution in [0.2, 0.25) is 10.0 Å². The van der Waals surface area contributed by atoms with Gasteiger partial charge >= 0.3 is 5.97 Å². The number of carbonyl (C=O) groups is 2. The van der Waals surface area contributed by atoms with Crippen molar-refractivity contribution in [2.24, 2.45) is 23.7 Å². The predicted molar refractivity (Wildman–Crippen MR) is 86.3 cm³/mol. The Morgan fingerprint density at radius 1 is 1.32 bits per heavy atom. The molecule has 2 saturated carbocycles. The zero-order valence-electron chi connectivity index (χ0n) is 11.3. The van der Waals surface area contributed by atoms with E-state index in [9.17, 15) is 9.59 Å². The van der Waals surface area contributed by atoms with E-state index in [1.165, 1.54) is 0 Å². The van der Waals surface area contributed by atoms with Crippen molar-refractivity contribution < 1.29 is 14.3 Å². The summed E-state index contributed by atoms with van der Waals surface area (Å²) in [6, 6.07) is 4.90. The van der Waals surface area contributed by atoms with Crippen LogP contribution in [0.1, 0.15) is 6.42 Å². The fourth-order valence-corrected chi connectivity index (χ4v) is 5.64. The van der Waals surface area contributed by atoms with Crippen molar-refractivity contribution in [2.45, 2.75) is 17.4 Å². The summed E-state index contributed by atoms with van der Waals surface area (Å²) in [5, 5.41) is 3.72. The van der Waals surface area contributed by atoms with Gasteiger partial charge in [0.05, 0.1) is 27.4 Å². The van der Waals surface area contributed by atoms with Crippen LogP contribution in [-0.4, -0.2) is 22.8 Å². The molecule has 7 heteroatoms. The zero-order chi connectivity index (χ0) is 15.6. The molecular weight excluding hydrogens is 393 g/mol. The average Bonchev–Trinajstić information content (AvgIpc) is 3.06. The third-order valence-corrected chi connectivity index (χ3v) is 6.76. The number of fused-ring (bicyclic) bond motifs is 1. The van der Waals surface area contributed by atoms with E-state index in [0.717, 1.165) is 6.42 Å². The molecule has 1 N–H and O–H groups in total. The second-order valence-corrected chi connectivity index (χ2v) is 7.98. The Morgan fingerprint density at radius 2 is 2.09 bits per heavy atom. The standard InChI is InChI=1S/C15H12BrCl2NO3/c16-12-6-4-7-11(15(21)22-13(7)12)10(6)14(20)19-9-2-1-5(17)3-8(9)18/h1-3,6-7,10-13H,4H2,(H,19,20)/t6-,7-,10-,11+,12+,13+/m1/s1. The second kappa shape index (κ2) is 5.11. The van der Waals surface area contributed by atoms with Gasteiger partial charge in [-0.25, -0.2) is 0 Å². The maximum Gasteiger partial charge on any atom is 0.310 e. The van der Waals surface area contributed by atoms with Crippen LogP contribution in [0, 0.1) is 23.7 Å². The third-order valence-electron chi connectivity index (χ3n) is 5.01. The summed E-state index contributed by atoms with van der Waals surface area (Å²) in [5.74, 6) is -0.844. The SMILES string of the molecule is O=C(Nc1ccc(Cl)cc1Cl)[C@@H]1[C@H]2C[C@H]3[C@H](OC(=O)[C@@H]31)[C@H]2Br. The van der Waals surface area contributed by atoms with Gasteiger partial charge in [0, 0.05) is 10.9 Å². The van der Waals surface area contributed by atoms with Gasteiger partial charge in [-0.15, -0.1) is 0 Å². The average molecular weight is 405 g/mol. The molecule has 4 nitrogen and oxygen atoms in total. The Hall–Kier alpha value is -0.780. The summed E-state index contributed by atoms with van der Waals surface area (Å²) < 4.78 is 5.41. The lowest BCUT2D eigenvalue weighted by molar-refractivity contribution is -0.145. The molecule has 0 spiro atoms. The number of benzene rings is 1. The highest BCUT2D eigenvalue weighted by atomic mass is 79.9. The van der Waals surface area contributed by atoms with Crippen molar-refractivity contribution in [3.05, 3.63) is 28.2 Å². The summed E-state index contributed by atoms with van der Waals surface area (Å²) >= 11 is 15.5. The number of carbonyl (C=O) groups excluding carboxylic acids is 2. The highest BCUT2D eigenvalue weighted by Gasteiger charge is 2.67. The van der Waals surface area contributed by atoms with Crippen LogP contribution < -0.4 is 5.32 Å². The third kappa shape index (κ3) is 2.02. The van der Waals surface area contributed by atoms with Gasteiger partial charge in [0.2, 0.25) is 5.91 Å². The molecule has 6 atom stereocenters. The lowest BCUT2D eigenvalue weighted by Gasteiger charge is -2.27. The number of amides is 1. The summed E-state index contributed by atoms with van der Waals surface area (Å²) in [6.07, 6.45) is 0.773. The molecule has 0 unspecified atom stereocenters. The smallest absolute Gasteiger partial charge is 0.310 e. The topological polar surface area (TPSA) is 55.4 Å². The van der Waals surface area contributed by atoms with Crippen molar-refractivity contribution >= 4 is 56.7 Å². The van der Waals surface area contributed by atoms with Gasteiger partial charge in [-0.05, 0) is 30.5 Å². The Morgan fingerprint density at radius 3 is 2.82 bits per heavy atom. The summed E-state index contributed by atoms with van der Waals surface area (Å²) in [4.78, 5) is 24.8. The molecule has 116 valence electrons. The zero-order valence-corrected chi connectivity index (χ0v) is 14.4. The Bertz CT molecular complexity index is 683. The molecule has 1 heterocycles. The van der Waals surface area contributed by atoms with E-state index >= 15 is 0 Å². The lowest BCUT2D eigenvalue weighted by Crippen LogP contribution is -2.40. The quantitative estimate of drug-likeness (QED) is 0.606. The monoisotopic (exact) mass is 403 g/mol. The lowest BCUT2D eigenvalue weighted by atomic mass is 9.79. The van der Waals surface area contributed by atoms with Crippen LogP contribution in [0.25, 0.3) is 0 Å². The predicted octanol–water partition coefficient (Wildman–Crippen LogP) is 3.50. The van der Waals surface area contributed by atoms with E-state index in [1.54, 1.807) is 18.2 Å². The Balaban J connectivity index is 1.59. The van der Waals surface area contributed by atoms with Crippen molar-refractivity contribution in [3.63, 3.8) is 0 Å². The van der Waals surface area contributed by atoms with Crippen LogP contribution in [-0.2, 0) is 14.3 Å². The maximum atomic E-state index is 12.7. The summed E-state index contributed by atoms with van der Waals surface area (Å²) in [6.45, 7) is 0. The minimum absolute atomic E-state index is 0.0524. The molecule has 1 amide bonds. The van der Waals surface area contributed by atoms with Gasteiger partial charge in [0.25, 0.3) is 0 Å². The van der Waals surface area contributed by atoms with Crippen molar-refractivity contribution in [3.8, 4) is 0 Å². The van der Waals surface area contributed by atoms with Gasteiger partial charge in [-0.2, -0.15) is 0 Å². The first-order valence-electron chi connectivity index (χ1n) is 7.08. The number of halogens is 3. The van der Waals surface area contributed by atoms with Crippen LogP contribution in [0.15, 0.2) is 18.2 Å². The number of anilines is 1. The second-order valence-electron chi connectivity index (χ2n) is 6.07. The van der Waals surface area contributed by atoms with Crippen molar-refractivity contribution in [1.29, 1.82) is 0 Å². The number of nitrogens with one attached hydrogen (secondary N) is 1. The van der Waals surface area contributed by atoms with Crippen molar-refractivity contribution in [2.75, 3.05) is 5.32 Å².